The van der Waals surface area contributed by atoms with E-state index in [0.29, 0.717) is 10.9 Å². The summed E-state index contributed by atoms with van der Waals surface area (Å²) < 4.78 is 6.38. The number of rotatable bonds is 7. The van der Waals surface area contributed by atoms with Gasteiger partial charge in [-0.05, 0) is 23.3 Å². The van der Waals surface area contributed by atoms with Crippen molar-refractivity contribution >= 4 is 28.2 Å². The Morgan fingerprint density at radius 3 is 2.42 bits per heavy atom. The molecule has 0 aliphatic carbocycles. The number of nitrogen functional groups attached to an aromatic ring is 1. The van der Waals surface area contributed by atoms with Gasteiger partial charge in [0, 0.05) is 5.75 Å². The zero-order chi connectivity index (χ0) is 16.8. The van der Waals surface area contributed by atoms with Crippen LogP contribution in [0.1, 0.15) is 0 Å². The summed E-state index contributed by atoms with van der Waals surface area (Å²) in [5.41, 5.74) is 7.81. The van der Waals surface area contributed by atoms with Crippen LogP contribution in [-0.2, 0) is 0 Å². The molecule has 24 heavy (non-hydrogen) atoms. The van der Waals surface area contributed by atoms with Crippen molar-refractivity contribution in [2.24, 2.45) is 0 Å². The van der Waals surface area contributed by atoms with Gasteiger partial charge < -0.3 is 15.6 Å². The largest absolute Gasteiger partial charge is 0.491 e. The van der Waals surface area contributed by atoms with E-state index in [0.717, 1.165) is 21.2 Å². The highest BCUT2D eigenvalue weighted by Crippen LogP contribution is 2.25. The number of nitrogens with two attached hydrogens (primary N) is 1. The van der Waals surface area contributed by atoms with Crippen LogP contribution in [0.5, 0.6) is 5.75 Å². The maximum atomic E-state index is 9.99. The molecule has 0 aliphatic heterocycles. The first-order valence-electron chi connectivity index (χ1n) is 7.39. The number of hydrogen-bond donors (Lipinski definition) is 2. The second-order valence-electron chi connectivity index (χ2n) is 5.07. The predicted octanol–water partition coefficient (Wildman–Crippen LogP) is 3.32. The molecule has 1 heterocycles. The summed E-state index contributed by atoms with van der Waals surface area (Å²) in [6.45, 7) is 0.228. The topological polar surface area (TPSA) is 81.3 Å². The number of nitrogens with zero attached hydrogens (tertiary/aromatic N) is 2. The molecule has 0 amide bonds. The molecule has 0 spiro atoms. The Balaban J connectivity index is 1.47. The number of aliphatic hydroxyl groups excluding tert-OH is 1. The molecule has 7 heteroatoms. The van der Waals surface area contributed by atoms with Crippen molar-refractivity contribution in [1.82, 2.24) is 10.2 Å². The van der Waals surface area contributed by atoms with E-state index in [9.17, 15) is 5.11 Å². The van der Waals surface area contributed by atoms with Crippen molar-refractivity contribution in [1.29, 1.82) is 0 Å². The molecule has 0 fully saturated rings. The van der Waals surface area contributed by atoms with E-state index in [1.54, 1.807) is 0 Å². The minimum absolute atomic E-state index is 0.228. The number of thioether (sulfide) groups is 1. The van der Waals surface area contributed by atoms with Gasteiger partial charge in [-0.25, -0.2) is 0 Å². The first-order valence-corrected chi connectivity index (χ1v) is 9.19. The molecule has 3 aromatic rings. The van der Waals surface area contributed by atoms with Crippen molar-refractivity contribution < 1.29 is 9.84 Å². The standard InChI is InChI=1S/C17H17N3O2S2/c18-16-19-20-17(24-16)23-11-14(21)10-22-15-8-6-13(7-9-15)12-4-2-1-3-5-12/h1-9,14,21H,10-11H2,(H2,18,19)/t14-/m0/s1. The molecule has 1 atom stereocenters. The molecule has 0 aliphatic rings. The lowest BCUT2D eigenvalue weighted by atomic mass is 10.1. The Morgan fingerprint density at radius 1 is 1.04 bits per heavy atom. The number of aromatic nitrogens is 2. The molecule has 124 valence electrons. The molecule has 0 radical (unpaired) electrons. The predicted molar refractivity (Wildman–Crippen MR) is 98.4 cm³/mol. The second kappa shape index (κ2) is 8.14. The summed E-state index contributed by atoms with van der Waals surface area (Å²) in [6, 6.07) is 18.0. The molecule has 3 rings (SSSR count). The number of ether oxygens (including phenoxy) is 1. The van der Waals surface area contributed by atoms with Crippen LogP contribution in [0.3, 0.4) is 0 Å². The van der Waals surface area contributed by atoms with Gasteiger partial charge in [-0.1, -0.05) is 65.6 Å². The van der Waals surface area contributed by atoms with Crippen LogP contribution in [-0.4, -0.2) is 33.8 Å². The molecule has 3 N–H and O–H groups in total. The maximum Gasteiger partial charge on any atom is 0.203 e. The summed E-state index contributed by atoms with van der Waals surface area (Å²) in [7, 11) is 0. The van der Waals surface area contributed by atoms with Crippen LogP contribution in [0.25, 0.3) is 11.1 Å². The SMILES string of the molecule is Nc1nnc(SC[C@@H](O)COc2ccc(-c3ccccc3)cc2)s1. The monoisotopic (exact) mass is 359 g/mol. The van der Waals surface area contributed by atoms with Gasteiger partial charge in [-0.15, -0.1) is 10.2 Å². The van der Waals surface area contributed by atoms with E-state index < -0.39 is 6.10 Å². The van der Waals surface area contributed by atoms with Gasteiger partial charge in [0.1, 0.15) is 12.4 Å². The van der Waals surface area contributed by atoms with Gasteiger partial charge in [-0.3, -0.25) is 0 Å². The van der Waals surface area contributed by atoms with Crippen LogP contribution in [0.2, 0.25) is 0 Å². The van der Waals surface area contributed by atoms with Crippen molar-refractivity contribution in [2.45, 2.75) is 10.4 Å². The van der Waals surface area contributed by atoms with Crippen LogP contribution >= 0.6 is 23.1 Å². The fourth-order valence-corrected chi connectivity index (χ4v) is 3.63. The lowest BCUT2D eigenvalue weighted by molar-refractivity contribution is 0.126. The Kier molecular flexibility index (Phi) is 5.68. The molecule has 2 aromatic carbocycles. The highest BCUT2D eigenvalue weighted by Gasteiger charge is 2.09. The first-order chi connectivity index (χ1) is 11.7. The molecule has 5 nitrogen and oxygen atoms in total. The number of anilines is 1. The third-order valence-electron chi connectivity index (χ3n) is 3.23. The molecule has 0 saturated carbocycles. The van der Waals surface area contributed by atoms with E-state index in [2.05, 4.69) is 22.3 Å². The number of aliphatic hydroxyl groups is 1. The van der Waals surface area contributed by atoms with Gasteiger partial charge in [0.25, 0.3) is 0 Å². The number of hydrogen-bond acceptors (Lipinski definition) is 7. The summed E-state index contributed by atoms with van der Waals surface area (Å²) in [6.07, 6.45) is -0.589. The second-order valence-corrected chi connectivity index (χ2v) is 7.35. The van der Waals surface area contributed by atoms with E-state index in [4.69, 9.17) is 10.5 Å². The Morgan fingerprint density at radius 2 is 1.75 bits per heavy atom. The van der Waals surface area contributed by atoms with E-state index in [1.807, 2.05) is 42.5 Å². The lowest BCUT2D eigenvalue weighted by Gasteiger charge is -2.11. The lowest BCUT2D eigenvalue weighted by Crippen LogP contribution is -2.20. The van der Waals surface area contributed by atoms with Gasteiger partial charge >= 0.3 is 0 Å². The summed E-state index contributed by atoms with van der Waals surface area (Å²) in [5, 5.41) is 18.1. The van der Waals surface area contributed by atoms with Crippen LogP contribution in [0.4, 0.5) is 5.13 Å². The molecule has 0 saturated heterocycles. The zero-order valence-electron chi connectivity index (χ0n) is 12.8. The van der Waals surface area contributed by atoms with E-state index >= 15 is 0 Å². The Hall–Kier alpha value is -2.09. The minimum Gasteiger partial charge on any atom is -0.491 e. The van der Waals surface area contributed by atoms with Gasteiger partial charge in [0.05, 0.1) is 6.10 Å². The molecule has 1 aromatic heterocycles. The van der Waals surface area contributed by atoms with Crippen LogP contribution < -0.4 is 10.5 Å². The average Bonchev–Trinajstić information content (AvgIpc) is 3.05. The van der Waals surface area contributed by atoms with E-state index in [-0.39, 0.29) is 6.61 Å². The third-order valence-corrected chi connectivity index (χ3v) is 5.26. The summed E-state index contributed by atoms with van der Waals surface area (Å²) in [5.74, 6) is 1.22. The fourth-order valence-electron chi connectivity index (χ4n) is 2.06. The van der Waals surface area contributed by atoms with Gasteiger partial charge in [0.15, 0.2) is 4.34 Å². The quantitative estimate of drug-likeness (QED) is 0.630. The first kappa shape index (κ1) is 16.8. The van der Waals surface area contributed by atoms with Crippen molar-refractivity contribution in [3.8, 4) is 16.9 Å². The van der Waals surface area contributed by atoms with Crippen LogP contribution in [0.15, 0.2) is 58.9 Å². The Bertz CT molecular complexity index is 763. The summed E-state index contributed by atoms with van der Waals surface area (Å²) >= 11 is 2.73. The van der Waals surface area contributed by atoms with E-state index in [1.165, 1.54) is 23.1 Å². The van der Waals surface area contributed by atoms with Gasteiger partial charge in [0.2, 0.25) is 5.13 Å². The highest BCUT2D eigenvalue weighted by molar-refractivity contribution is 8.01. The normalized spacial score (nSPS) is 12.0. The molecular formula is C17H17N3O2S2. The van der Waals surface area contributed by atoms with Crippen molar-refractivity contribution in [2.75, 3.05) is 18.1 Å². The minimum atomic E-state index is -0.589. The molecule has 0 bridgehead atoms. The van der Waals surface area contributed by atoms with Crippen molar-refractivity contribution in [3.05, 3.63) is 54.6 Å². The van der Waals surface area contributed by atoms with Crippen LogP contribution in [0, 0.1) is 0 Å². The molecule has 0 unspecified atom stereocenters. The maximum absolute atomic E-state index is 9.99. The number of benzene rings is 2. The highest BCUT2D eigenvalue weighted by atomic mass is 32.2. The smallest absolute Gasteiger partial charge is 0.203 e. The summed E-state index contributed by atoms with van der Waals surface area (Å²) in [4.78, 5) is 0. The van der Waals surface area contributed by atoms with Gasteiger partial charge in [-0.2, -0.15) is 0 Å². The fraction of sp³-hybridized carbons (Fsp3) is 0.176. The Labute approximate surface area is 148 Å². The third kappa shape index (κ3) is 4.70. The average molecular weight is 359 g/mol. The zero-order valence-corrected chi connectivity index (χ0v) is 14.5. The van der Waals surface area contributed by atoms with Crippen molar-refractivity contribution in [3.63, 3.8) is 0 Å². The molecular weight excluding hydrogens is 342 g/mol.